The molecular formula is C28H47NO6S. The van der Waals surface area contributed by atoms with Crippen molar-refractivity contribution >= 4 is 16.0 Å². The molecule has 0 aromatic rings. The highest BCUT2D eigenvalue weighted by atomic mass is 32.2. The van der Waals surface area contributed by atoms with Crippen molar-refractivity contribution in [2.24, 2.45) is 46.3 Å². The molecule has 4 N–H and O–H groups in total. The Morgan fingerprint density at radius 1 is 1.06 bits per heavy atom. The molecule has 0 spiro atoms. The van der Waals surface area contributed by atoms with E-state index in [4.69, 9.17) is 4.55 Å². The van der Waals surface area contributed by atoms with Gasteiger partial charge in [0.2, 0.25) is 5.91 Å². The highest BCUT2D eigenvalue weighted by Crippen LogP contribution is 2.68. The zero-order valence-electron chi connectivity index (χ0n) is 22.2. The Labute approximate surface area is 217 Å². The summed E-state index contributed by atoms with van der Waals surface area (Å²) in [5, 5.41) is 24.1. The predicted molar refractivity (Wildman–Crippen MR) is 140 cm³/mol. The lowest BCUT2D eigenvalue weighted by Crippen LogP contribution is -2.58. The standard InChI is InChI=1S/C28H47NO6S/c1-18(6-4-5-7-25(32)29-14-15-36(33,34)35)21-8-9-22-26-23(11-13-28(21,22)3)27(2)12-10-20(30)16-19(27)17-24(26)31/h5,7,18-24,26,30-31H,4,6,8-17H2,1-3H3,(H,29,32)(H,33,34,35)/b7-5+/t18-,19+,20-,21-,22+,23+,24+,26+,27+,28-/m1/s1. The maximum atomic E-state index is 11.9. The van der Waals surface area contributed by atoms with Gasteiger partial charge in [-0.2, -0.15) is 8.42 Å². The molecular weight excluding hydrogens is 478 g/mol. The minimum absolute atomic E-state index is 0.103. The molecule has 4 aliphatic carbocycles. The van der Waals surface area contributed by atoms with Gasteiger partial charge in [0.1, 0.15) is 0 Å². The highest BCUT2D eigenvalue weighted by molar-refractivity contribution is 7.85. The van der Waals surface area contributed by atoms with Crippen LogP contribution in [0.15, 0.2) is 12.2 Å². The van der Waals surface area contributed by atoms with E-state index >= 15 is 0 Å². The molecule has 4 rings (SSSR count). The van der Waals surface area contributed by atoms with E-state index in [1.54, 1.807) is 0 Å². The quantitative estimate of drug-likeness (QED) is 0.281. The van der Waals surface area contributed by atoms with Crippen LogP contribution in [0.5, 0.6) is 0 Å². The number of hydrogen-bond acceptors (Lipinski definition) is 5. The normalized spacial score (nSPS) is 43.4. The number of aliphatic hydroxyl groups is 2. The molecule has 7 nitrogen and oxygen atoms in total. The molecule has 0 radical (unpaired) electrons. The van der Waals surface area contributed by atoms with E-state index in [0.717, 1.165) is 38.5 Å². The largest absolute Gasteiger partial charge is 0.393 e. The molecule has 4 aliphatic rings. The number of nitrogens with one attached hydrogen (secondary N) is 1. The lowest BCUT2D eigenvalue weighted by Gasteiger charge is -2.62. The average Bonchev–Trinajstić information content (AvgIpc) is 3.14. The summed E-state index contributed by atoms with van der Waals surface area (Å²) in [6.45, 7) is 7.17. The van der Waals surface area contributed by atoms with Crippen LogP contribution in [-0.2, 0) is 14.9 Å². The van der Waals surface area contributed by atoms with Gasteiger partial charge in [-0.25, -0.2) is 0 Å². The van der Waals surface area contributed by atoms with E-state index in [1.807, 2.05) is 6.08 Å². The summed E-state index contributed by atoms with van der Waals surface area (Å²) in [5.74, 6) is 2.26. The second kappa shape index (κ2) is 10.7. The Bertz CT molecular complexity index is 936. The van der Waals surface area contributed by atoms with Gasteiger partial charge in [0.15, 0.2) is 0 Å². The van der Waals surface area contributed by atoms with Gasteiger partial charge in [-0.1, -0.05) is 26.8 Å². The molecule has 206 valence electrons. The Morgan fingerprint density at radius 3 is 2.47 bits per heavy atom. The summed E-state index contributed by atoms with van der Waals surface area (Å²) >= 11 is 0. The number of fused-ring (bicyclic) bond motifs is 5. The van der Waals surface area contributed by atoms with Crippen LogP contribution >= 0.6 is 0 Å². The maximum Gasteiger partial charge on any atom is 0.266 e. The minimum Gasteiger partial charge on any atom is -0.393 e. The number of carbonyl (C=O) groups is 1. The van der Waals surface area contributed by atoms with Gasteiger partial charge in [0.05, 0.1) is 18.0 Å². The lowest BCUT2D eigenvalue weighted by molar-refractivity contribution is -0.174. The van der Waals surface area contributed by atoms with E-state index in [1.165, 1.54) is 31.8 Å². The van der Waals surface area contributed by atoms with Crippen molar-refractivity contribution < 1.29 is 28.0 Å². The Hall–Kier alpha value is -0.960. The predicted octanol–water partition coefficient (Wildman–Crippen LogP) is 3.95. The van der Waals surface area contributed by atoms with Crippen LogP contribution in [0, 0.1) is 46.3 Å². The molecule has 10 atom stereocenters. The third-order valence-corrected chi connectivity index (χ3v) is 11.9. The summed E-state index contributed by atoms with van der Waals surface area (Å²) < 4.78 is 30.2. The third-order valence-electron chi connectivity index (χ3n) is 11.1. The fourth-order valence-electron chi connectivity index (χ4n) is 9.29. The van der Waals surface area contributed by atoms with E-state index in [0.29, 0.717) is 35.5 Å². The van der Waals surface area contributed by atoms with Gasteiger partial charge in [-0.15, -0.1) is 0 Å². The SMILES string of the molecule is C[C@H](CC/C=C/C(=O)NCCS(=O)(=O)O)[C@H]1CC[C@H]2[C@@H]3[C@@H](O)C[C@@H]4C[C@H](O)CC[C@]4(C)[C@H]3CC[C@]12C. The van der Waals surface area contributed by atoms with Gasteiger partial charge in [-0.3, -0.25) is 9.35 Å². The summed E-state index contributed by atoms with van der Waals surface area (Å²) in [7, 11) is -4.07. The van der Waals surface area contributed by atoms with Gasteiger partial charge in [0, 0.05) is 6.54 Å². The number of amides is 1. The van der Waals surface area contributed by atoms with Gasteiger partial charge in [-0.05, 0) is 117 Å². The molecule has 1 amide bonds. The number of allylic oxidation sites excluding steroid dienone is 1. The molecule has 4 saturated carbocycles. The van der Waals surface area contributed by atoms with Crippen molar-refractivity contribution in [3.8, 4) is 0 Å². The Kier molecular flexibility index (Phi) is 8.31. The van der Waals surface area contributed by atoms with Crippen molar-refractivity contribution in [1.29, 1.82) is 0 Å². The van der Waals surface area contributed by atoms with Crippen molar-refractivity contribution in [2.45, 2.75) is 97.2 Å². The Morgan fingerprint density at radius 2 is 1.75 bits per heavy atom. The van der Waals surface area contributed by atoms with Gasteiger partial charge >= 0.3 is 0 Å². The maximum absolute atomic E-state index is 11.9. The second-order valence-corrected chi connectivity index (χ2v) is 14.6. The van der Waals surface area contributed by atoms with Crippen molar-refractivity contribution in [2.75, 3.05) is 12.3 Å². The lowest BCUT2D eigenvalue weighted by atomic mass is 9.43. The van der Waals surface area contributed by atoms with Crippen LogP contribution in [0.1, 0.15) is 85.0 Å². The van der Waals surface area contributed by atoms with Crippen LogP contribution in [0.25, 0.3) is 0 Å². The molecule has 0 heterocycles. The summed E-state index contributed by atoms with van der Waals surface area (Å²) in [5.41, 5.74) is 0.497. The first-order chi connectivity index (χ1) is 16.8. The summed E-state index contributed by atoms with van der Waals surface area (Å²) in [6, 6.07) is 0. The molecule has 36 heavy (non-hydrogen) atoms. The third kappa shape index (κ3) is 5.57. The van der Waals surface area contributed by atoms with Gasteiger partial charge < -0.3 is 15.5 Å². The number of carbonyl (C=O) groups excluding carboxylic acids is 1. The zero-order valence-corrected chi connectivity index (χ0v) is 23.0. The second-order valence-electron chi connectivity index (χ2n) is 13.0. The summed E-state index contributed by atoms with van der Waals surface area (Å²) in [6.07, 6.45) is 13.1. The molecule has 0 aliphatic heterocycles. The fourth-order valence-corrected chi connectivity index (χ4v) is 9.65. The smallest absolute Gasteiger partial charge is 0.266 e. The highest BCUT2D eigenvalue weighted by Gasteiger charge is 2.62. The monoisotopic (exact) mass is 525 g/mol. The molecule has 0 aromatic heterocycles. The number of rotatable bonds is 8. The fraction of sp³-hybridized carbons (Fsp3) is 0.893. The molecule has 4 fully saturated rings. The topological polar surface area (TPSA) is 124 Å². The van der Waals surface area contributed by atoms with E-state index in [2.05, 4.69) is 26.1 Å². The first-order valence-corrected chi connectivity index (χ1v) is 15.7. The van der Waals surface area contributed by atoms with Gasteiger partial charge in [0.25, 0.3) is 10.1 Å². The van der Waals surface area contributed by atoms with Crippen LogP contribution in [0.2, 0.25) is 0 Å². The number of aliphatic hydroxyl groups excluding tert-OH is 2. The average molecular weight is 526 g/mol. The van der Waals surface area contributed by atoms with Crippen molar-refractivity contribution in [3.05, 3.63) is 12.2 Å². The van der Waals surface area contributed by atoms with Crippen LogP contribution in [-0.4, -0.2) is 53.6 Å². The zero-order chi connectivity index (χ0) is 26.3. The minimum atomic E-state index is -4.07. The van der Waals surface area contributed by atoms with Crippen molar-refractivity contribution in [1.82, 2.24) is 5.32 Å². The Balaban J connectivity index is 1.34. The van der Waals surface area contributed by atoms with Crippen molar-refractivity contribution in [3.63, 3.8) is 0 Å². The van der Waals surface area contributed by atoms with Crippen LogP contribution in [0.4, 0.5) is 0 Å². The van der Waals surface area contributed by atoms with Crippen LogP contribution in [0.3, 0.4) is 0 Å². The molecule has 0 saturated heterocycles. The van der Waals surface area contributed by atoms with E-state index in [9.17, 15) is 23.4 Å². The van der Waals surface area contributed by atoms with Crippen LogP contribution < -0.4 is 5.32 Å². The van der Waals surface area contributed by atoms with E-state index in [-0.39, 0.29) is 35.5 Å². The molecule has 8 heteroatoms. The van der Waals surface area contributed by atoms with E-state index < -0.39 is 15.9 Å². The molecule has 0 bridgehead atoms. The number of hydrogen-bond donors (Lipinski definition) is 4. The summed E-state index contributed by atoms with van der Waals surface area (Å²) in [4.78, 5) is 11.9. The first kappa shape index (κ1) is 28.1. The molecule has 0 unspecified atom stereocenters. The first-order valence-electron chi connectivity index (χ1n) is 14.1. The molecule has 0 aromatic carbocycles.